The average molecular weight is 381 g/mol. The number of nitrogens with one attached hydrogen (secondary N) is 1. The zero-order valence-corrected chi connectivity index (χ0v) is 14.7. The van der Waals surface area contributed by atoms with Crippen LogP contribution < -0.4 is 5.32 Å². The second-order valence-electron chi connectivity index (χ2n) is 7.44. The third-order valence-corrected chi connectivity index (χ3v) is 5.49. The second-order valence-corrected chi connectivity index (χ2v) is 7.44. The minimum atomic E-state index is -2.78. The van der Waals surface area contributed by atoms with Crippen molar-refractivity contribution in [2.75, 3.05) is 5.32 Å². The lowest BCUT2D eigenvalue weighted by Gasteiger charge is -2.33. The molecule has 4 nitrogen and oxygen atoms in total. The lowest BCUT2D eigenvalue weighted by atomic mass is 9.78. The van der Waals surface area contributed by atoms with Gasteiger partial charge < -0.3 is 5.32 Å². The number of hydrogen-bond donors (Lipinski definition) is 1. The van der Waals surface area contributed by atoms with Crippen molar-refractivity contribution >= 4 is 11.7 Å². The highest BCUT2D eigenvalue weighted by molar-refractivity contribution is 5.94. The third-order valence-electron chi connectivity index (χ3n) is 5.49. The Bertz CT molecular complexity index is 897. The summed E-state index contributed by atoms with van der Waals surface area (Å²) in [6, 6.07) is 3.62. The largest absolute Gasteiger partial charge is 0.309 e. The van der Waals surface area contributed by atoms with Crippen molar-refractivity contribution in [2.24, 2.45) is 13.0 Å². The minimum Gasteiger partial charge on any atom is -0.309 e. The number of aryl methyl sites for hydroxylation is 1. The summed E-state index contributed by atoms with van der Waals surface area (Å²) in [4.78, 5) is 12.3. The molecule has 0 atom stereocenters. The lowest BCUT2D eigenvalue weighted by Crippen LogP contribution is -2.42. The number of carbonyl (C=O) groups excluding carboxylic acids is 1. The molecular formula is C19H19F4N3O. The van der Waals surface area contributed by atoms with Crippen molar-refractivity contribution in [3.63, 3.8) is 0 Å². The van der Waals surface area contributed by atoms with E-state index in [1.165, 1.54) is 10.7 Å². The highest BCUT2D eigenvalue weighted by Crippen LogP contribution is 2.46. The van der Waals surface area contributed by atoms with Gasteiger partial charge in [0, 0.05) is 36.9 Å². The van der Waals surface area contributed by atoms with Crippen molar-refractivity contribution in [3.8, 4) is 11.3 Å². The van der Waals surface area contributed by atoms with E-state index in [0.717, 1.165) is 37.0 Å². The van der Waals surface area contributed by atoms with Crippen molar-refractivity contribution in [1.82, 2.24) is 9.78 Å². The zero-order chi connectivity index (χ0) is 19.3. The van der Waals surface area contributed by atoms with Crippen LogP contribution in [0.15, 0.2) is 18.2 Å². The molecule has 2 fully saturated rings. The second kappa shape index (κ2) is 6.35. The fraction of sp³-hybridized carbons (Fsp3) is 0.474. The highest BCUT2D eigenvalue weighted by Gasteiger charge is 2.49. The molecule has 1 heterocycles. The summed E-state index contributed by atoms with van der Waals surface area (Å²) in [5.41, 5.74) is 1.82. The van der Waals surface area contributed by atoms with E-state index >= 15 is 0 Å². The lowest BCUT2D eigenvalue weighted by molar-refractivity contribution is -0.145. The van der Waals surface area contributed by atoms with E-state index in [4.69, 9.17) is 0 Å². The maximum absolute atomic E-state index is 13.7. The predicted molar refractivity (Wildman–Crippen MR) is 91.5 cm³/mol. The Morgan fingerprint density at radius 2 is 1.93 bits per heavy atom. The van der Waals surface area contributed by atoms with Crippen LogP contribution in [0, 0.1) is 17.6 Å². The molecule has 1 aromatic heterocycles. The van der Waals surface area contributed by atoms with Crippen LogP contribution in [0.25, 0.3) is 11.3 Å². The first-order valence-corrected chi connectivity index (χ1v) is 8.96. The molecule has 2 aliphatic carbocycles. The molecule has 0 bridgehead atoms. The maximum Gasteiger partial charge on any atom is 0.249 e. The number of rotatable bonds is 4. The number of halogens is 4. The van der Waals surface area contributed by atoms with Gasteiger partial charge >= 0.3 is 0 Å². The smallest absolute Gasteiger partial charge is 0.249 e. The summed E-state index contributed by atoms with van der Waals surface area (Å²) in [5.74, 6) is -5.43. The van der Waals surface area contributed by atoms with Crippen molar-refractivity contribution < 1.29 is 22.4 Å². The molecule has 8 heteroatoms. The summed E-state index contributed by atoms with van der Waals surface area (Å²) in [6.07, 6.45) is 1.90. The molecule has 1 aromatic carbocycles. The van der Waals surface area contributed by atoms with Crippen LogP contribution >= 0.6 is 0 Å². The van der Waals surface area contributed by atoms with Crippen LogP contribution in [0.1, 0.15) is 43.6 Å². The van der Waals surface area contributed by atoms with E-state index in [0.29, 0.717) is 17.1 Å². The number of nitrogens with zero attached hydrogens (tertiary/aromatic N) is 2. The van der Waals surface area contributed by atoms with Crippen LogP contribution in [0.4, 0.5) is 23.4 Å². The quantitative estimate of drug-likeness (QED) is 0.786. The Labute approximate surface area is 153 Å². The number of hydrogen-bond acceptors (Lipinski definition) is 2. The third kappa shape index (κ3) is 3.21. The molecule has 4 rings (SSSR count). The summed E-state index contributed by atoms with van der Waals surface area (Å²) >= 11 is 0. The molecule has 2 aromatic rings. The summed E-state index contributed by atoms with van der Waals surface area (Å²) in [5, 5.41) is 7.02. The standard InChI is InChI=1S/C19H19F4N3O/c1-26-16(11-5-6-13(20)14(21)7-11)15(10-3-2-4-10)17(25-26)24-18(27)12-8-19(22,23)9-12/h5-7,10,12H,2-4,8-9H2,1H3,(H,24,25,27). The average Bonchev–Trinajstić information content (AvgIpc) is 2.82. The van der Waals surface area contributed by atoms with Crippen LogP contribution in [0.2, 0.25) is 0 Å². The first-order valence-electron chi connectivity index (χ1n) is 8.96. The van der Waals surface area contributed by atoms with Gasteiger partial charge in [0.25, 0.3) is 0 Å². The molecule has 0 saturated heterocycles. The van der Waals surface area contributed by atoms with Gasteiger partial charge in [-0.25, -0.2) is 17.6 Å². The van der Waals surface area contributed by atoms with Crippen LogP contribution in [-0.2, 0) is 11.8 Å². The molecule has 1 N–H and O–H groups in total. The predicted octanol–water partition coefficient (Wildman–Crippen LogP) is 4.62. The molecule has 27 heavy (non-hydrogen) atoms. The normalized spacial score (nSPS) is 19.4. The first-order chi connectivity index (χ1) is 12.7. The molecule has 2 aliphatic rings. The molecule has 0 unspecified atom stereocenters. The number of benzene rings is 1. The van der Waals surface area contributed by atoms with Gasteiger partial charge in [0.2, 0.25) is 11.8 Å². The van der Waals surface area contributed by atoms with Gasteiger partial charge in [-0.05, 0) is 37.0 Å². The number of amides is 1. The Hall–Kier alpha value is -2.38. The molecule has 1 amide bonds. The van der Waals surface area contributed by atoms with Gasteiger partial charge in [0.1, 0.15) is 0 Å². The van der Waals surface area contributed by atoms with E-state index in [9.17, 15) is 22.4 Å². The summed E-state index contributed by atoms with van der Waals surface area (Å²) < 4.78 is 54.7. The van der Waals surface area contributed by atoms with Gasteiger partial charge in [-0.15, -0.1) is 0 Å². The van der Waals surface area contributed by atoms with Crippen molar-refractivity contribution in [1.29, 1.82) is 0 Å². The van der Waals surface area contributed by atoms with Crippen LogP contribution in [0.3, 0.4) is 0 Å². The fourth-order valence-electron chi connectivity index (χ4n) is 3.77. The number of alkyl halides is 2. The van der Waals surface area contributed by atoms with Crippen LogP contribution in [0.5, 0.6) is 0 Å². The maximum atomic E-state index is 13.7. The molecule has 2 saturated carbocycles. The summed E-state index contributed by atoms with van der Waals surface area (Å²) in [6.45, 7) is 0. The number of aromatic nitrogens is 2. The number of carbonyl (C=O) groups is 1. The van der Waals surface area contributed by atoms with Gasteiger partial charge in [0.15, 0.2) is 17.5 Å². The Morgan fingerprint density at radius 3 is 2.48 bits per heavy atom. The van der Waals surface area contributed by atoms with Crippen molar-refractivity contribution in [2.45, 2.75) is 43.9 Å². The Morgan fingerprint density at radius 1 is 1.22 bits per heavy atom. The number of anilines is 1. The fourth-order valence-corrected chi connectivity index (χ4v) is 3.77. The Balaban J connectivity index is 1.68. The van der Waals surface area contributed by atoms with E-state index in [1.54, 1.807) is 7.05 Å². The zero-order valence-electron chi connectivity index (χ0n) is 14.7. The monoisotopic (exact) mass is 381 g/mol. The highest BCUT2D eigenvalue weighted by atomic mass is 19.3. The van der Waals surface area contributed by atoms with E-state index in [2.05, 4.69) is 10.4 Å². The first kappa shape index (κ1) is 18.0. The van der Waals surface area contributed by atoms with Gasteiger partial charge in [-0.2, -0.15) is 5.10 Å². The molecule has 0 spiro atoms. The van der Waals surface area contributed by atoms with E-state index in [1.807, 2.05) is 0 Å². The van der Waals surface area contributed by atoms with E-state index in [-0.39, 0.29) is 5.92 Å². The van der Waals surface area contributed by atoms with Gasteiger partial charge in [-0.3, -0.25) is 9.48 Å². The van der Waals surface area contributed by atoms with E-state index < -0.39 is 42.2 Å². The molecule has 0 aliphatic heterocycles. The topological polar surface area (TPSA) is 46.9 Å². The minimum absolute atomic E-state index is 0.139. The Kier molecular flexibility index (Phi) is 4.24. The van der Waals surface area contributed by atoms with Gasteiger partial charge in [-0.1, -0.05) is 6.42 Å². The van der Waals surface area contributed by atoms with Crippen LogP contribution in [-0.4, -0.2) is 21.6 Å². The molecular weight excluding hydrogens is 362 g/mol. The SMILES string of the molecule is Cn1nc(NC(=O)C2CC(F)(F)C2)c(C2CCC2)c1-c1ccc(F)c(F)c1. The summed E-state index contributed by atoms with van der Waals surface area (Å²) in [7, 11) is 1.66. The molecule has 144 valence electrons. The van der Waals surface area contributed by atoms with Gasteiger partial charge in [0.05, 0.1) is 5.69 Å². The molecule has 0 radical (unpaired) electrons. The van der Waals surface area contributed by atoms with Crippen molar-refractivity contribution in [3.05, 3.63) is 35.4 Å².